The topological polar surface area (TPSA) is 53.5 Å². The zero-order valence-corrected chi connectivity index (χ0v) is 17.7. The van der Waals surface area contributed by atoms with Crippen LogP contribution in [0.5, 0.6) is 0 Å². The number of hydrogen-bond acceptors (Lipinski definition) is 4. The summed E-state index contributed by atoms with van der Waals surface area (Å²) in [5.74, 6) is 0.871. The molecule has 5 rings (SSSR count). The number of pyridine rings is 1. The fraction of sp³-hybridized carbons (Fsp3) is 0.522. The predicted molar refractivity (Wildman–Crippen MR) is 114 cm³/mol. The highest BCUT2D eigenvalue weighted by atomic mass is 32.2. The van der Waals surface area contributed by atoms with E-state index in [-0.39, 0.29) is 0 Å². The van der Waals surface area contributed by atoms with Crippen molar-refractivity contribution in [1.82, 2.24) is 14.2 Å². The maximum atomic E-state index is 13.1. The highest BCUT2D eigenvalue weighted by Gasteiger charge is 2.35. The van der Waals surface area contributed by atoms with Crippen LogP contribution < -0.4 is 0 Å². The number of rotatable bonds is 5. The number of likely N-dealkylation sites (tertiary alicyclic amines) is 1. The summed E-state index contributed by atoms with van der Waals surface area (Å²) in [6, 6.07) is 12.1. The fourth-order valence-electron chi connectivity index (χ4n) is 5.32. The van der Waals surface area contributed by atoms with Crippen molar-refractivity contribution in [2.45, 2.75) is 56.0 Å². The largest absolute Gasteiger partial charge is 0.294 e. The molecule has 154 valence electrons. The van der Waals surface area contributed by atoms with Crippen LogP contribution in [0, 0.1) is 5.92 Å². The van der Waals surface area contributed by atoms with E-state index in [9.17, 15) is 8.42 Å². The Morgan fingerprint density at radius 1 is 1.00 bits per heavy atom. The van der Waals surface area contributed by atoms with Crippen molar-refractivity contribution in [3.63, 3.8) is 0 Å². The first-order valence-electron chi connectivity index (χ1n) is 10.9. The summed E-state index contributed by atoms with van der Waals surface area (Å²) in [5.41, 5.74) is 2.68. The quantitative estimate of drug-likeness (QED) is 0.749. The van der Waals surface area contributed by atoms with Crippen LogP contribution in [0.3, 0.4) is 0 Å². The van der Waals surface area contributed by atoms with Crippen LogP contribution in [0.1, 0.15) is 44.2 Å². The molecule has 3 heterocycles. The third kappa shape index (κ3) is 3.74. The van der Waals surface area contributed by atoms with Gasteiger partial charge in [-0.3, -0.25) is 9.88 Å². The van der Waals surface area contributed by atoms with E-state index in [1.54, 1.807) is 16.4 Å². The third-order valence-electron chi connectivity index (χ3n) is 6.83. The molecule has 2 bridgehead atoms. The average Bonchev–Trinajstić information content (AvgIpc) is 3.38. The molecule has 6 heteroatoms. The molecule has 3 fully saturated rings. The lowest BCUT2D eigenvalue weighted by atomic mass is 9.90. The first kappa shape index (κ1) is 19.2. The van der Waals surface area contributed by atoms with Gasteiger partial charge in [0.2, 0.25) is 10.0 Å². The molecule has 29 heavy (non-hydrogen) atoms. The van der Waals surface area contributed by atoms with Gasteiger partial charge < -0.3 is 0 Å². The Hall–Kier alpha value is -1.76. The predicted octanol–water partition coefficient (Wildman–Crippen LogP) is 3.91. The van der Waals surface area contributed by atoms with Crippen molar-refractivity contribution in [2.24, 2.45) is 5.92 Å². The summed E-state index contributed by atoms with van der Waals surface area (Å²) in [6.07, 6.45) is 9.13. The van der Waals surface area contributed by atoms with Crippen LogP contribution in [-0.2, 0) is 16.6 Å². The molecule has 0 radical (unpaired) electrons. The van der Waals surface area contributed by atoms with Gasteiger partial charge in [-0.15, -0.1) is 0 Å². The van der Waals surface area contributed by atoms with Gasteiger partial charge in [0.15, 0.2) is 0 Å². The van der Waals surface area contributed by atoms with Crippen LogP contribution >= 0.6 is 0 Å². The molecule has 0 unspecified atom stereocenters. The van der Waals surface area contributed by atoms with Gasteiger partial charge in [0.1, 0.15) is 0 Å². The lowest BCUT2D eigenvalue weighted by Gasteiger charge is -2.24. The number of aromatic nitrogens is 1. The number of fused-ring (bicyclic) bond motifs is 2. The maximum Gasteiger partial charge on any atom is 0.243 e. The summed E-state index contributed by atoms with van der Waals surface area (Å²) >= 11 is 0. The zero-order valence-electron chi connectivity index (χ0n) is 16.8. The molecule has 1 saturated carbocycles. The van der Waals surface area contributed by atoms with Crippen molar-refractivity contribution in [3.8, 4) is 11.1 Å². The third-order valence-corrected chi connectivity index (χ3v) is 8.79. The summed E-state index contributed by atoms with van der Waals surface area (Å²) in [4.78, 5) is 7.69. The second-order valence-corrected chi connectivity index (χ2v) is 10.7. The lowest BCUT2D eigenvalue weighted by Crippen LogP contribution is -2.28. The van der Waals surface area contributed by atoms with Gasteiger partial charge in [0, 0.05) is 49.5 Å². The maximum absolute atomic E-state index is 13.1. The Balaban J connectivity index is 1.38. The van der Waals surface area contributed by atoms with Crippen molar-refractivity contribution in [2.75, 3.05) is 19.6 Å². The molecule has 5 nitrogen and oxygen atoms in total. The SMILES string of the molecule is O=S(=O)(c1ccccc1-c1ccc(CN2C[C@@H]3CCC[C@H]2C3)nc1)N1CCCC1. The van der Waals surface area contributed by atoms with E-state index >= 15 is 0 Å². The highest BCUT2D eigenvalue weighted by molar-refractivity contribution is 7.89. The number of sulfonamides is 1. The Labute approximate surface area is 173 Å². The molecule has 2 aliphatic heterocycles. The van der Waals surface area contributed by atoms with Crippen LogP contribution in [0.4, 0.5) is 0 Å². The monoisotopic (exact) mass is 411 g/mol. The first-order valence-corrected chi connectivity index (χ1v) is 12.3. The van der Waals surface area contributed by atoms with Crippen LogP contribution in [0.25, 0.3) is 11.1 Å². The van der Waals surface area contributed by atoms with Crippen molar-refractivity contribution in [1.29, 1.82) is 0 Å². The second kappa shape index (κ2) is 7.82. The smallest absolute Gasteiger partial charge is 0.243 e. The number of benzene rings is 1. The minimum Gasteiger partial charge on any atom is -0.294 e. The van der Waals surface area contributed by atoms with E-state index in [2.05, 4.69) is 11.0 Å². The molecule has 2 saturated heterocycles. The average molecular weight is 412 g/mol. The van der Waals surface area contributed by atoms with Crippen LogP contribution in [-0.4, -0.2) is 48.3 Å². The highest BCUT2D eigenvalue weighted by Crippen LogP contribution is 2.36. The van der Waals surface area contributed by atoms with Crippen molar-refractivity contribution >= 4 is 10.0 Å². The number of hydrogen-bond donors (Lipinski definition) is 0. The molecule has 0 N–H and O–H groups in total. The van der Waals surface area contributed by atoms with Gasteiger partial charge in [0.25, 0.3) is 0 Å². The normalized spacial score (nSPS) is 25.5. The zero-order chi connectivity index (χ0) is 19.8. The molecular weight excluding hydrogens is 382 g/mol. The summed E-state index contributed by atoms with van der Waals surface area (Å²) < 4.78 is 27.9. The van der Waals surface area contributed by atoms with E-state index in [1.165, 1.54) is 32.2 Å². The Morgan fingerprint density at radius 2 is 1.83 bits per heavy atom. The molecule has 3 aliphatic rings. The minimum absolute atomic E-state index is 0.393. The molecule has 0 spiro atoms. The standard InChI is InChI=1S/C23H29N3O2S/c27-29(28,26-12-3-4-13-26)23-9-2-1-8-22(23)19-10-11-20(24-15-19)17-25-16-18-6-5-7-21(25)14-18/h1-2,8-11,15,18,21H,3-7,12-14,16-17H2/t18-,21+/m1/s1. The van der Waals surface area contributed by atoms with Gasteiger partial charge >= 0.3 is 0 Å². The van der Waals surface area contributed by atoms with E-state index in [0.717, 1.165) is 48.2 Å². The van der Waals surface area contributed by atoms with E-state index in [1.807, 2.05) is 24.4 Å². The molecule has 1 aromatic heterocycles. The summed E-state index contributed by atoms with van der Waals surface area (Å²) in [6.45, 7) is 3.33. The van der Waals surface area contributed by atoms with Gasteiger partial charge in [0.05, 0.1) is 10.6 Å². The summed E-state index contributed by atoms with van der Waals surface area (Å²) in [5, 5.41) is 0. The number of nitrogens with zero attached hydrogens (tertiary/aromatic N) is 3. The lowest BCUT2D eigenvalue weighted by molar-refractivity contribution is 0.234. The Bertz CT molecular complexity index is 968. The molecule has 1 aromatic carbocycles. The first-order chi connectivity index (χ1) is 14.1. The van der Waals surface area contributed by atoms with E-state index < -0.39 is 10.0 Å². The fourth-order valence-corrected chi connectivity index (χ4v) is 7.05. The van der Waals surface area contributed by atoms with Crippen LogP contribution in [0.2, 0.25) is 0 Å². The Kier molecular flexibility index (Phi) is 5.18. The molecular formula is C23H29N3O2S. The Morgan fingerprint density at radius 3 is 2.59 bits per heavy atom. The van der Waals surface area contributed by atoms with Crippen molar-refractivity contribution in [3.05, 3.63) is 48.3 Å². The second-order valence-electron chi connectivity index (χ2n) is 8.76. The van der Waals surface area contributed by atoms with E-state index in [4.69, 9.17) is 4.98 Å². The van der Waals surface area contributed by atoms with Gasteiger partial charge in [-0.2, -0.15) is 4.31 Å². The summed E-state index contributed by atoms with van der Waals surface area (Å²) in [7, 11) is -3.46. The molecule has 2 atom stereocenters. The van der Waals surface area contributed by atoms with Crippen molar-refractivity contribution < 1.29 is 8.42 Å². The van der Waals surface area contributed by atoms with Gasteiger partial charge in [-0.25, -0.2) is 8.42 Å². The minimum atomic E-state index is -3.46. The van der Waals surface area contributed by atoms with Gasteiger partial charge in [-0.1, -0.05) is 30.7 Å². The molecule has 1 aliphatic carbocycles. The molecule has 0 amide bonds. The van der Waals surface area contributed by atoms with Gasteiger partial charge in [-0.05, 0) is 50.2 Å². The van der Waals surface area contributed by atoms with E-state index in [0.29, 0.717) is 18.0 Å². The van der Waals surface area contributed by atoms with Crippen LogP contribution in [0.15, 0.2) is 47.5 Å². The molecule has 2 aromatic rings.